The number of hydrogen-bond acceptors (Lipinski definition) is 4. The Labute approximate surface area is 112 Å². The topological polar surface area (TPSA) is 73.2 Å². The van der Waals surface area contributed by atoms with E-state index >= 15 is 0 Å². The number of ether oxygens (including phenoxy) is 1. The molecule has 1 unspecified atom stereocenters. The van der Waals surface area contributed by atoms with E-state index in [-0.39, 0.29) is 5.91 Å². The monoisotopic (exact) mass is 265 g/mol. The van der Waals surface area contributed by atoms with E-state index in [1.165, 1.54) is 13.0 Å². The van der Waals surface area contributed by atoms with Gasteiger partial charge in [0.2, 0.25) is 0 Å². The lowest BCUT2D eigenvalue weighted by atomic mass is 10.3. The Morgan fingerprint density at radius 1 is 1.42 bits per heavy atom. The number of aryl methyl sites for hydroxylation is 2. The first-order valence-corrected chi connectivity index (χ1v) is 6.01. The van der Waals surface area contributed by atoms with Gasteiger partial charge in [0.1, 0.15) is 0 Å². The van der Waals surface area contributed by atoms with Gasteiger partial charge in [-0.3, -0.25) is 9.48 Å². The summed E-state index contributed by atoms with van der Waals surface area (Å²) in [4.78, 5) is 23.2. The zero-order valence-electron chi connectivity index (χ0n) is 11.9. The van der Waals surface area contributed by atoms with Gasteiger partial charge in [-0.05, 0) is 27.7 Å². The molecule has 0 aromatic carbocycles. The number of amides is 1. The molecule has 1 aromatic rings. The number of carbonyl (C=O) groups is 2. The summed E-state index contributed by atoms with van der Waals surface area (Å²) < 4.78 is 6.63. The molecule has 0 spiro atoms. The van der Waals surface area contributed by atoms with E-state index in [9.17, 15) is 9.59 Å². The van der Waals surface area contributed by atoms with Crippen LogP contribution in [0.3, 0.4) is 0 Å². The van der Waals surface area contributed by atoms with Gasteiger partial charge >= 0.3 is 5.97 Å². The number of anilines is 1. The molecule has 0 radical (unpaired) electrons. The Balaban J connectivity index is 2.71. The zero-order valence-corrected chi connectivity index (χ0v) is 11.9. The molecule has 0 saturated carbocycles. The maximum Gasteiger partial charge on any atom is 0.331 e. The first kappa shape index (κ1) is 14.9. The standard InChI is InChI=1S/C13H19N3O3/c1-6-7-11(17)19-10(4)13(18)14-12-8(2)15-16(5)9(12)3/h6-7,10H,1-5H3,(H,14,18)/b7-6+. The van der Waals surface area contributed by atoms with E-state index in [1.54, 1.807) is 31.7 Å². The van der Waals surface area contributed by atoms with E-state index in [0.29, 0.717) is 5.69 Å². The Bertz CT molecular complexity index is 517. The molecule has 1 amide bonds. The number of allylic oxidation sites excluding steroid dienone is 1. The van der Waals surface area contributed by atoms with Gasteiger partial charge in [-0.25, -0.2) is 4.79 Å². The van der Waals surface area contributed by atoms with Gasteiger partial charge in [0.15, 0.2) is 6.10 Å². The van der Waals surface area contributed by atoms with Crippen molar-refractivity contribution in [1.29, 1.82) is 0 Å². The molecule has 104 valence electrons. The molecule has 1 rings (SSSR count). The van der Waals surface area contributed by atoms with Crippen LogP contribution in [0.4, 0.5) is 5.69 Å². The van der Waals surface area contributed by atoms with Crippen molar-refractivity contribution in [3.05, 3.63) is 23.5 Å². The highest BCUT2D eigenvalue weighted by Crippen LogP contribution is 2.18. The minimum absolute atomic E-state index is 0.378. The van der Waals surface area contributed by atoms with E-state index in [0.717, 1.165) is 11.4 Å². The molecule has 0 fully saturated rings. The third kappa shape index (κ3) is 3.67. The summed E-state index contributed by atoms with van der Waals surface area (Å²) in [6.45, 7) is 6.89. The number of nitrogens with one attached hydrogen (secondary N) is 1. The minimum Gasteiger partial charge on any atom is -0.449 e. The largest absolute Gasteiger partial charge is 0.449 e. The quantitative estimate of drug-likeness (QED) is 0.661. The molecule has 0 saturated heterocycles. The summed E-state index contributed by atoms with van der Waals surface area (Å²) in [5, 5.41) is 6.92. The smallest absolute Gasteiger partial charge is 0.331 e. The minimum atomic E-state index is -0.859. The number of nitrogens with zero attached hydrogens (tertiary/aromatic N) is 2. The SMILES string of the molecule is C/C=C/C(=O)OC(C)C(=O)Nc1c(C)nn(C)c1C. The van der Waals surface area contributed by atoms with Gasteiger partial charge in [-0.15, -0.1) is 0 Å². The lowest BCUT2D eigenvalue weighted by Crippen LogP contribution is -2.29. The van der Waals surface area contributed by atoms with Crippen LogP contribution in [0, 0.1) is 13.8 Å². The van der Waals surface area contributed by atoms with Crippen LogP contribution in [0.15, 0.2) is 12.2 Å². The average Bonchev–Trinajstić information content (AvgIpc) is 2.56. The highest BCUT2D eigenvalue weighted by Gasteiger charge is 2.19. The van der Waals surface area contributed by atoms with Gasteiger partial charge in [-0.1, -0.05) is 6.08 Å². The fraction of sp³-hybridized carbons (Fsp3) is 0.462. The average molecular weight is 265 g/mol. The van der Waals surface area contributed by atoms with Gasteiger partial charge in [0.05, 0.1) is 17.1 Å². The van der Waals surface area contributed by atoms with Crippen molar-refractivity contribution in [2.75, 3.05) is 5.32 Å². The summed E-state index contributed by atoms with van der Waals surface area (Å²) in [6.07, 6.45) is 1.97. The van der Waals surface area contributed by atoms with Crippen LogP contribution in [0.25, 0.3) is 0 Å². The molecular weight excluding hydrogens is 246 g/mol. The Kier molecular flexibility index (Phi) is 4.86. The third-order valence-electron chi connectivity index (χ3n) is 2.72. The van der Waals surface area contributed by atoms with E-state index in [1.807, 2.05) is 6.92 Å². The van der Waals surface area contributed by atoms with Crippen molar-refractivity contribution < 1.29 is 14.3 Å². The van der Waals surface area contributed by atoms with Crippen molar-refractivity contribution in [3.8, 4) is 0 Å². The summed E-state index contributed by atoms with van der Waals surface area (Å²) in [6, 6.07) is 0. The van der Waals surface area contributed by atoms with Crippen LogP contribution in [-0.4, -0.2) is 27.8 Å². The molecule has 1 aromatic heterocycles. The molecule has 1 N–H and O–H groups in total. The summed E-state index contributed by atoms with van der Waals surface area (Å²) in [5.74, 6) is -0.915. The van der Waals surface area contributed by atoms with Crippen LogP contribution in [0.2, 0.25) is 0 Å². The summed E-state index contributed by atoms with van der Waals surface area (Å²) >= 11 is 0. The normalized spacial score (nSPS) is 12.5. The van der Waals surface area contributed by atoms with Crippen LogP contribution < -0.4 is 5.32 Å². The molecule has 0 aliphatic rings. The molecular formula is C13H19N3O3. The van der Waals surface area contributed by atoms with Crippen molar-refractivity contribution in [1.82, 2.24) is 9.78 Å². The van der Waals surface area contributed by atoms with Crippen molar-refractivity contribution in [2.45, 2.75) is 33.8 Å². The number of rotatable bonds is 4. The van der Waals surface area contributed by atoms with E-state index < -0.39 is 12.1 Å². The Morgan fingerprint density at radius 3 is 2.53 bits per heavy atom. The number of aromatic nitrogens is 2. The maximum absolute atomic E-state index is 11.9. The van der Waals surface area contributed by atoms with Gasteiger partial charge in [-0.2, -0.15) is 5.10 Å². The van der Waals surface area contributed by atoms with Crippen molar-refractivity contribution >= 4 is 17.6 Å². The Hall–Kier alpha value is -2.11. The predicted molar refractivity (Wildman–Crippen MR) is 71.7 cm³/mol. The molecule has 0 aliphatic heterocycles. The molecule has 6 heteroatoms. The fourth-order valence-corrected chi connectivity index (χ4v) is 1.58. The second-order valence-electron chi connectivity index (χ2n) is 4.24. The van der Waals surface area contributed by atoms with Crippen molar-refractivity contribution in [2.24, 2.45) is 7.05 Å². The molecule has 0 aliphatic carbocycles. The fourth-order valence-electron chi connectivity index (χ4n) is 1.58. The van der Waals surface area contributed by atoms with Crippen molar-refractivity contribution in [3.63, 3.8) is 0 Å². The molecule has 6 nitrogen and oxygen atoms in total. The number of esters is 1. The van der Waals surface area contributed by atoms with E-state index in [4.69, 9.17) is 4.74 Å². The highest BCUT2D eigenvalue weighted by atomic mass is 16.5. The highest BCUT2D eigenvalue weighted by molar-refractivity contribution is 5.96. The second-order valence-corrected chi connectivity index (χ2v) is 4.24. The van der Waals surface area contributed by atoms with Crippen LogP contribution in [-0.2, 0) is 21.4 Å². The van der Waals surface area contributed by atoms with Gasteiger partial charge in [0.25, 0.3) is 5.91 Å². The summed E-state index contributed by atoms with van der Waals surface area (Å²) in [7, 11) is 1.80. The molecule has 19 heavy (non-hydrogen) atoms. The number of carbonyl (C=O) groups excluding carboxylic acids is 2. The summed E-state index contributed by atoms with van der Waals surface area (Å²) in [5.41, 5.74) is 2.22. The molecule has 1 atom stereocenters. The lowest BCUT2D eigenvalue weighted by Gasteiger charge is -2.12. The van der Waals surface area contributed by atoms with Crippen LogP contribution in [0.5, 0.6) is 0 Å². The maximum atomic E-state index is 11.9. The predicted octanol–water partition coefficient (Wildman–Crippen LogP) is 1.48. The van der Waals surface area contributed by atoms with Gasteiger partial charge < -0.3 is 10.1 Å². The Morgan fingerprint density at radius 2 is 2.05 bits per heavy atom. The first-order chi connectivity index (χ1) is 8.86. The first-order valence-electron chi connectivity index (χ1n) is 6.01. The number of hydrogen-bond donors (Lipinski definition) is 1. The zero-order chi connectivity index (χ0) is 14.6. The molecule has 0 bridgehead atoms. The van der Waals surface area contributed by atoms with E-state index in [2.05, 4.69) is 10.4 Å². The van der Waals surface area contributed by atoms with Crippen LogP contribution in [0.1, 0.15) is 25.2 Å². The third-order valence-corrected chi connectivity index (χ3v) is 2.72. The molecule has 1 heterocycles. The second kappa shape index (κ2) is 6.17. The lowest BCUT2D eigenvalue weighted by molar-refractivity contribution is -0.148. The van der Waals surface area contributed by atoms with Gasteiger partial charge in [0, 0.05) is 13.1 Å². The van der Waals surface area contributed by atoms with Crippen LogP contribution >= 0.6 is 0 Å².